The van der Waals surface area contributed by atoms with E-state index < -0.39 is 0 Å². The lowest BCUT2D eigenvalue weighted by atomic mass is 9.97. The summed E-state index contributed by atoms with van der Waals surface area (Å²) in [4.78, 5) is 20.7. The van der Waals surface area contributed by atoms with Gasteiger partial charge in [0.25, 0.3) is 5.91 Å². The summed E-state index contributed by atoms with van der Waals surface area (Å²) in [5.74, 6) is 1.78. The molecular weight excluding hydrogens is 356 g/mol. The van der Waals surface area contributed by atoms with Crippen molar-refractivity contribution in [3.05, 3.63) is 47.9 Å². The van der Waals surface area contributed by atoms with Crippen LogP contribution in [0, 0.1) is 0 Å². The molecule has 7 heteroatoms. The van der Waals surface area contributed by atoms with Gasteiger partial charge in [-0.3, -0.25) is 4.79 Å². The topological polar surface area (TPSA) is 85.4 Å². The molecule has 1 aromatic carbocycles. The molecule has 1 amide bonds. The molecule has 1 aliphatic heterocycles. The number of hydrogen-bond donors (Lipinski definition) is 2. The van der Waals surface area contributed by atoms with Crippen molar-refractivity contribution >= 4 is 17.4 Å². The summed E-state index contributed by atoms with van der Waals surface area (Å²) in [6.07, 6.45) is 9.42. The Bertz CT molecular complexity index is 882. The number of nitrogens with zero attached hydrogens (tertiary/aromatic N) is 2. The average molecular weight is 380 g/mol. The highest BCUT2D eigenvalue weighted by Crippen LogP contribution is 2.33. The van der Waals surface area contributed by atoms with Crippen LogP contribution in [-0.4, -0.2) is 35.6 Å². The number of carbonyl (C=O) groups excluding carboxylic acids is 1. The molecule has 0 saturated carbocycles. The number of amides is 1. The van der Waals surface area contributed by atoms with Gasteiger partial charge in [-0.25, -0.2) is 9.97 Å². The Hall–Kier alpha value is -3.09. The smallest absolute Gasteiger partial charge is 0.270 e. The van der Waals surface area contributed by atoms with E-state index in [1.54, 1.807) is 6.07 Å². The van der Waals surface area contributed by atoms with Crippen LogP contribution in [0.1, 0.15) is 42.6 Å². The Morgan fingerprint density at radius 1 is 1.07 bits per heavy atom. The lowest BCUT2D eigenvalue weighted by molar-refractivity contribution is 0.0949. The zero-order valence-electron chi connectivity index (χ0n) is 15.7. The Labute approximate surface area is 164 Å². The van der Waals surface area contributed by atoms with Crippen LogP contribution < -0.4 is 20.1 Å². The van der Waals surface area contributed by atoms with Crippen LogP contribution >= 0.6 is 0 Å². The molecule has 0 bridgehead atoms. The van der Waals surface area contributed by atoms with E-state index in [4.69, 9.17) is 9.47 Å². The lowest BCUT2D eigenvalue weighted by Crippen LogP contribution is -2.26. The van der Waals surface area contributed by atoms with Crippen LogP contribution in [0.5, 0.6) is 11.5 Å². The number of ether oxygens (including phenoxy) is 2. The number of aromatic nitrogens is 2. The fourth-order valence-electron chi connectivity index (χ4n) is 3.38. The van der Waals surface area contributed by atoms with Gasteiger partial charge in [-0.1, -0.05) is 11.6 Å². The quantitative estimate of drug-likeness (QED) is 0.745. The van der Waals surface area contributed by atoms with Crippen LogP contribution in [0.2, 0.25) is 0 Å². The summed E-state index contributed by atoms with van der Waals surface area (Å²) >= 11 is 0. The predicted molar refractivity (Wildman–Crippen MR) is 106 cm³/mol. The van der Waals surface area contributed by atoms with Crippen LogP contribution in [-0.2, 0) is 0 Å². The molecule has 0 fully saturated rings. The van der Waals surface area contributed by atoms with Crippen LogP contribution in [0.25, 0.3) is 0 Å². The van der Waals surface area contributed by atoms with E-state index in [1.807, 2.05) is 18.2 Å². The monoisotopic (exact) mass is 380 g/mol. The van der Waals surface area contributed by atoms with Gasteiger partial charge >= 0.3 is 0 Å². The van der Waals surface area contributed by atoms with Crippen molar-refractivity contribution in [1.29, 1.82) is 0 Å². The molecule has 2 N–H and O–H groups in total. The largest absolute Gasteiger partial charge is 0.486 e. The first-order chi connectivity index (χ1) is 13.8. The molecule has 28 heavy (non-hydrogen) atoms. The van der Waals surface area contributed by atoms with Crippen molar-refractivity contribution in [2.24, 2.45) is 0 Å². The second-order valence-electron chi connectivity index (χ2n) is 6.89. The van der Waals surface area contributed by atoms with Crippen molar-refractivity contribution < 1.29 is 14.3 Å². The van der Waals surface area contributed by atoms with Crippen molar-refractivity contribution in [1.82, 2.24) is 15.3 Å². The minimum atomic E-state index is -0.191. The number of benzene rings is 1. The third-order valence-corrected chi connectivity index (χ3v) is 4.83. The third-order valence-electron chi connectivity index (χ3n) is 4.83. The maximum atomic E-state index is 12.4. The summed E-state index contributed by atoms with van der Waals surface area (Å²) in [5.41, 5.74) is 2.58. The highest BCUT2D eigenvalue weighted by atomic mass is 16.6. The molecule has 7 nitrogen and oxygen atoms in total. The SMILES string of the molecule is O=C(NCCC1=CCCCC1)c1cc(Nc2ccc3c(c2)OCCO3)ncn1. The highest BCUT2D eigenvalue weighted by molar-refractivity contribution is 5.93. The molecule has 0 saturated heterocycles. The van der Waals surface area contributed by atoms with Crippen LogP contribution in [0.3, 0.4) is 0 Å². The molecule has 0 atom stereocenters. The molecular formula is C21H24N4O3. The molecule has 0 unspecified atom stereocenters. The third kappa shape index (κ3) is 4.60. The van der Waals surface area contributed by atoms with Gasteiger partial charge < -0.3 is 20.1 Å². The van der Waals surface area contributed by atoms with Gasteiger partial charge in [0.15, 0.2) is 11.5 Å². The van der Waals surface area contributed by atoms with E-state index in [-0.39, 0.29) is 5.91 Å². The summed E-state index contributed by atoms with van der Waals surface area (Å²) in [6.45, 7) is 1.71. The van der Waals surface area contributed by atoms with Crippen LogP contribution in [0.15, 0.2) is 42.2 Å². The fourth-order valence-corrected chi connectivity index (χ4v) is 3.38. The fraction of sp³-hybridized carbons (Fsp3) is 0.381. The standard InChI is InChI=1S/C21H24N4O3/c26-21(22-9-8-15-4-2-1-3-5-15)17-13-20(24-14-23-17)25-16-6-7-18-19(12-16)28-11-10-27-18/h4,6-7,12-14H,1-3,5,8-11H2,(H,22,26)(H,23,24,25). The zero-order chi connectivity index (χ0) is 19.2. The van der Waals surface area contributed by atoms with Crippen LogP contribution in [0.4, 0.5) is 11.5 Å². The molecule has 2 aromatic rings. The minimum Gasteiger partial charge on any atom is -0.486 e. The van der Waals surface area contributed by atoms with Gasteiger partial charge in [-0.2, -0.15) is 0 Å². The molecule has 0 spiro atoms. The summed E-state index contributed by atoms with van der Waals surface area (Å²) in [5, 5.41) is 6.13. The van der Waals surface area contributed by atoms with Crippen molar-refractivity contribution in [3.63, 3.8) is 0 Å². The first kappa shape index (κ1) is 18.3. The maximum Gasteiger partial charge on any atom is 0.270 e. The Morgan fingerprint density at radius 2 is 1.96 bits per heavy atom. The molecule has 1 aliphatic carbocycles. The summed E-state index contributed by atoms with van der Waals surface area (Å²) < 4.78 is 11.1. The van der Waals surface area contributed by atoms with Crippen molar-refractivity contribution in [3.8, 4) is 11.5 Å². The average Bonchev–Trinajstić information content (AvgIpc) is 2.74. The number of anilines is 2. The van der Waals surface area contributed by atoms with Gasteiger partial charge in [0.05, 0.1) is 0 Å². The second-order valence-corrected chi connectivity index (χ2v) is 6.89. The molecule has 146 valence electrons. The maximum absolute atomic E-state index is 12.4. The first-order valence-corrected chi connectivity index (χ1v) is 9.73. The van der Waals surface area contributed by atoms with Gasteiger partial charge in [0.2, 0.25) is 0 Å². The molecule has 1 aromatic heterocycles. The highest BCUT2D eigenvalue weighted by Gasteiger charge is 2.13. The number of allylic oxidation sites excluding steroid dienone is 1. The first-order valence-electron chi connectivity index (χ1n) is 9.73. The number of rotatable bonds is 6. The Balaban J connectivity index is 1.35. The number of carbonyl (C=O) groups is 1. The van der Waals surface area contributed by atoms with Gasteiger partial charge in [-0.15, -0.1) is 0 Å². The molecule has 4 rings (SSSR count). The Morgan fingerprint density at radius 3 is 2.82 bits per heavy atom. The second kappa shape index (κ2) is 8.73. The predicted octanol–water partition coefficient (Wildman–Crippen LogP) is 3.61. The summed E-state index contributed by atoms with van der Waals surface area (Å²) in [7, 11) is 0. The number of fused-ring (bicyclic) bond motifs is 1. The minimum absolute atomic E-state index is 0.191. The van der Waals surface area contributed by atoms with Gasteiger partial charge in [0, 0.05) is 24.4 Å². The van der Waals surface area contributed by atoms with E-state index >= 15 is 0 Å². The van der Waals surface area contributed by atoms with Crippen molar-refractivity contribution in [2.45, 2.75) is 32.1 Å². The van der Waals surface area contributed by atoms with Crippen molar-refractivity contribution in [2.75, 3.05) is 25.1 Å². The molecule has 2 aliphatic rings. The Kier molecular flexibility index (Phi) is 5.70. The van der Waals surface area contributed by atoms with Gasteiger partial charge in [-0.05, 0) is 44.2 Å². The van der Waals surface area contributed by atoms with E-state index in [0.717, 1.165) is 30.7 Å². The lowest BCUT2D eigenvalue weighted by Gasteiger charge is -2.19. The van der Waals surface area contributed by atoms with E-state index in [0.29, 0.717) is 37.0 Å². The van der Waals surface area contributed by atoms with E-state index in [1.165, 1.54) is 24.7 Å². The number of hydrogen-bond acceptors (Lipinski definition) is 6. The van der Waals surface area contributed by atoms with Gasteiger partial charge in [0.1, 0.15) is 31.1 Å². The number of nitrogens with one attached hydrogen (secondary N) is 2. The normalized spacial score (nSPS) is 15.5. The molecule has 2 heterocycles. The van der Waals surface area contributed by atoms with E-state index in [9.17, 15) is 4.79 Å². The molecule has 0 radical (unpaired) electrons. The van der Waals surface area contributed by atoms with E-state index in [2.05, 4.69) is 26.7 Å². The summed E-state index contributed by atoms with van der Waals surface area (Å²) in [6, 6.07) is 7.24. The zero-order valence-corrected chi connectivity index (χ0v) is 15.7.